The fourth-order valence-corrected chi connectivity index (χ4v) is 3.67. The van der Waals surface area contributed by atoms with Crippen LogP contribution >= 0.6 is 10.5 Å². The smallest absolute Gasteiger partial charge is 0.0660 e. The van der Waals surface area contributed by atoms with Gasteiger partial charge in [-0.2, -0.15) is 10.5 Å². The van der Waals surface area contributed by atoms with Gasteiger partial charge < -0.3 is 4.74 Å². The predicted octanol–water partition coefficient (Wildman–Crippen LogP) is 3.50. The Morgan fingerprint density at radius 2 is 2.06 bits per heavy atom. The number of ether oxygens (including phenoxy) is 1. The zero-order chi connectivity index (χ0) is 11.9. The summed E-state index contributed by atoms with van der Waals surface area (Å²) in [5, 5.41) is 0. The van der Waals surface area contributed by atoms with E-state index in [-0.39, 0.29) is 10.5 Å². The quantitative estimate of drug-likeness (QED) is 0.727. The summed E-state index contributed by atoms with van der Waals surface area (Å²) in [5.41, 5.74) is 1.43. The third kappa shape index (κ3) is 4.64. The molecular weight excluding hydrogens is 228 g/mol. The molecule has 1 heterocycles. The van der Waals surface area contributed by atoms with Gasteiger partial charge in [-0.25, -0.2) is 0 Å². The van der Waals surface area contributed by atoms with Crippen molar-refractivity contribution in [2.75, 3.05) is 18.1 Å². The van der Waals surface area contributed by atoms with Crippen molar-refractivity contribution in [3.63, 3.8) is 0 Å². The second kappa shape index (κ2) is 6.97. The molecule has 2 rings (SSSR count). The van der Waals surface area contributed by atoms with E-state index in [1.54, 1.807) is 0 Å². The molecule has 0 spiro atoms. The lowest BCUT2D eigenvalue weighted by atomic mass is 10.1. The summed E-state index contributed by atoms with van der Waals surface area (Å²) in [4.78, 5) is 0. The van der Waals surface area contributed by atoms with Crippen LogP contribution in [0.1, 0.15) is 24.8 Å². The van der Waals surface area contributed by atoms with E-state index in [2.05, 4.69) is 36.2 Å². The first-order valence-electron chi connectivity index (χ1n) is 6.47. The number of aryl methyl sites for hydroxylation is 1. The van der Waals surface area contributed by atoms with Crippen LogP contribution in [-0.2, 0) is 11.2 Å². The monoisotopic (exact) mass is 250 g/mol. The number of hydrogen-bond donors (Lipinski definition) is 0. The van der Waals surface area contributed by atoms with E-state index in [0.717, 1.165) is 18.8 Å². The molecule has 0 radical (unpaired) electrons. The van der Waals surface area contributed by atoms with Gasteiger partial charge in [0, 0.05) is 12.4 Å². The largest absolute Gasteiger partial charge is 0.377 e. The van der Waals surface area contributed by atoms with Gasteiger partial charge in [0.1, 0.15) is 0 Å². The maximum atomic E-state index is 5.77. The van der Waals surface area contributed by atoms with Gasteiger partial charge >= 0.3 is 0 Å². The summed E-state index contributed by atoms with van der Waals surface area (Å²) < 4.78 is 5.77. The van der Waals surface area contributed by atoms with Crippen molar-refractivity contribution >= 4 is 16.4 Å². The molecule has 1 nitrogen and oxygen atoms in total. The van der Waals surface area contributed by atoms with E-state index in [0.29, 0.717) is 6.10 Å². The van der Waals surface area contributed by atoms with Crippen molar-refractivity contribution in [3.05, 3.63) is 35.9 Å². The number of hydrogen-bond acceptors (Lipinski definition) is 1. The van der Waals surface area contributed by atoms with E-state index in [9.17, 15) is 0 Å². The molecule has 1 aliphatic rings. The minimum atomic E-state index is 0.257. The molecule has 2 unspecified atom stereocenters. The highest BCUT2D eigenvalue weighted by Crippen LogP contribution is 2.21. The van der Waals surface area contributed by atoms with Crippen LogP contribution in [0.3, 0.4) is 0 Å². The molecule has 1 fully saturated rings. The zero-order valence-electron chi connectivity index (χ0n) is 10.4. The summed E-state index contributed by atoms with van der Waals surface area (Å²) in [6, 6.07) is 10.7. The Morgan fingerprint density at radius 3 is 2.76 bits per heavy atom. The van der Waals surface area contributed by atoms with E-state index in [1.807, 2.05) is 0 Å². The first-order valence-corrected chi connectivity index (χ1v) is 8.20. The fourth-order valence-electron chi connectivity index (χ4n) is 2.19. The van der Waals surface area contributed by atoms with E-state index >= 15 is 0 Å². The Bertz CT molecular complexity index is 341. The summed E-state index contributed by atoms with van der Waals surface area (Å²) in [6.45, 7) is 0.959. The molecule has 0 saturated carbocycles. The van der Waals surface area contributed by atoms with Crippen LogP contribution in [0.15, 0.2) is 30.3 Å². The van der Waals surface area contributed by atoms with Crippen molar-refractivity contribution in [1.82, 2.24) is 0 Å². The lowest BCUT2D eigenvalue weighted by Gasteiger charge is -2.23. The molecule has 17 heavy (non-hydrogen) atoms. The molecule has 0 aliphatic carbocycles. The molecule has 0 bridgehead atoms. The van der Waals surface area contributed by atoms with Crippen molar-refractivity contribution in [2.24, 2.45) is 0 Å². The highest BCUT2D eigenvalue weighted by molar-refractivity contribution is 8.14. The minimum absolute atomic E-state index is 0.257. The summed E-state index contributed by atoms with van der Waals surface area (Å²) in [7, 11) is 0.257. The fraction of sp³-hybridized carbons (Fsp3) is 0.533. The van der Waals surface area contributed by atoms with E-state index in [4.69, 9.17) is 4.74 Å². The highest BCUT2D eigenvalue weighted by atomic mass is 32.2. The Labute approximate surface area is 107 Å². The lowest BCUT2D eigenvalue weighted by molar-refractivity contribution is 0.0315. The Morgan fingerprint density at radius 1 is 1.24 bits per heavy atom. The predicted molar refractivity (Wildman–Crippen MR) is 78.2 cm³/mol. The molecule has 94 valence electrons. The average Bonchev–Trinajstić information content (AvgIpc) is 2.39. The van der Waals surface area contributed by atoms with Gasteiger partial charge in [-0.05, 0) is 37.0 Å². The van der Waals surface area contributed by atoms with Crippen LogP contribution < -0.4 is 0 Å². The van der Waals surface area contributed by atoms with Crippen LogP contribution in [0.5, 0.6) is 0 Å². The first kappa shape index (κ1) is 12.8. The topological polar surface area (TPSA) is 9.23 Å². The minimum Gasteiger partial charge on any atom is -0.377 e. The van der Waals surface area contributed by atoms with Crippen molar-refractivity contribution in [2.45, 2.75) is 31.8 Å². The van der Waals surface area contributed by atoms with Crippen molar-refractivity contribution in [1.29, 1.82) is 0 Å². The molecule has 2 atom stereocenters. The second-order valence-corrected chi connectivity index (χ2v) is 6.67. The number of benzene rings is 1. The standard InChI is InChI=1S/C15H22OS/c1-17(13-15-9-5-6-11-16-15)12-10-14-7-3-2-4-8-14/h2-4,7-8,15H,1,5-6,9-13H2. The van der Waals surface area contributed by atoms with E-state index < -0.39 is 0 Å². The second-order valence-electron chi connectivity index (χ2n) is 4.71. The molecule has 0 N–H and O–H groups in total. The summed E-state index contributed by atoms with van der Waals surface area (Å²) >= 11 is 0. The van der Waals surface area contributed by atoms with Crippen molar-refractivity contribution < 1.29 is 4.74 Å². The third-order valence-electron chi connectivity index (χ3n) is 3.22. The maximum absolute atomic E-state index is 5.77. The van der Waals surface area contributed by atoms with Gasteiger partial charge in [-0.1, -0.05) is 36.2 Å². The molecule has 2 heteroatoms. The summed E-state index contributed by atoms with van der Waals surface area (Å²) in [6.07, 6.45) is 5.46. The van der Waals surface area contributed by atoms with Gasteiger partial charge in [0.05, 0.1) is 6.10 Å². The van der Waals surface area contributed by atoms with Crippen molar-refractivity contribution in [3.8, 4) is 0 Å². The number of rotatable bonds is 5. The Balaban J connectivity index is 1.70. The SMILES string of the molecule is C=S(CCc1ccccc1)CC1CCCCO1. The Kier molecular flexibility index (Phi) is 5.27. The molecule has 0 aromatic heterocycles. The maximum Gasteiger partial charge on any atom is 0.0660 e. The van der Waals surface area contributed by atoms with Gasteiger partial charge in [0.15, 0.2) is 0 Å². The lowest BCUT2D eigenvalue weighted by Crippen LogP contribution is -2.22. The van der Waals surface area contributed by atoms with E-state index in [1.165, 1.54) is 30.6 Å². The molecule has 1 aromatic rings. The van der Waals surface area contributed by atoms with Gasteiger partial charge in [0.2, 0.25) is 0 Å². The normalized spacial score (nSPS) is 22.2. The van der Waals surface area contributed by atoms with Gasteiger partial charge in [-0.15, -0.1) is 0 Å². The average molecular weight is 250 g/mol. The Hall–Kier alpha value is -0.600. The van der Waals surface area contributed by atoms with Crippen LogP contribution in [0.2, 0.25) is 0 Å². The molecule has 0 amide bonds. The molecule has 1 aromatic carbocycles. The third-order valence-corrected chi connectivity index (χ3v) is 4.84. The summed E-state index contributed by atoms with van der Waals surface area (Å²) in [5.74, 6) is 6.65. The molecular formula is C15H22OS. The molecule has 1 aliphatic heterocycles. The van der Waals surface area contributed by atoms with Gasteiger partial charge in [-0.3, -0.25) is 0 Å². The zero-order valence-corrected chi connectivity index (χ0v) is 11.3. The first-order chi connectivity index (χ1) is 8.34. The van der Waals surface area contributed by atoms with Crippen LogP contribution in [0.4, 0.5) is 0 Å². The molecule has 1 saturated heterocycles. The highest BCUT2D eigenvalue weighted by Gasteiger charge is 2.14. The van der Waals surface area contributed by atoms with Crippen LogP contribution in [0, 0.1) is 0 Å². The van der Waals surface area contributed by atoms with Crippen LogP contribution in [-0.4, -0.2) is 30.1 Å². The van der Waals surface area contributed by atoms with Crippen LogP contribution in [0.25, 0.3) is 0 Å². The van der Waals surface area contributed by atoms with Gasteiger partial charge in [0.25, 0.3) is 0 Å².